The van der Waals surface area contributed by atoms with Gasteiger partial charge in [0.25, 0.3) is 0 Å². The fourth-order valence-corrected chi connectivity index (χ4v) is 2.58. The van der Waals surface area contributed by atoms with Gasteiger partial charge in [0, 0.05) is 12.4 Å². The Morgan fingerprint density at radius 3 is 2.35 bits per heavy atom. The molecular weight excluding hydrogens is 250 g/mol. The highest BCUT2D eigenvalue weighted by atomic mass is 16.1. The summed E-state index contributed by atoms with van der Waals surface area (Å²) in [6.07, 6.45) is 0. The number of para-hydroxylation sites is 3. The molecule has 0 aliphatic carbocycles. The number of hydrogen-bond acceptors (Lipinski definition) is 3. The van der Waals surface area contributed by atoms with Crippen molar-refractivity contribution in [1.29, 1.82) is 0 Å². The van der Waals surface area contributed by atoms with Gasteiger partial charge in [-0.1, -0.05) is 24.3 Å². The van der Waals surface area contributed by atoms with Crippen LogP contribution in [-0.2, 0) is 7.05 Å². The minimum atomic E-state index is -0.0630. The zero-order valence-electron chi connectivity index (χ0n) is 10.9. The Bertz CT molecular complexity index is 1030. The smallest absolute Gasteiger partial charge is 0.217 e. The molecule has 4 aromatic rings. The van der Waals surface area contributed by atoms with Crippen molar-refractivity contribution >= 4 is 33.1 Å². The summed E-state index contributed by atoms with van der Waals surface area (Å²) in [5.41, 5.74) is 3.39. The molecule has 20 heavy (non-hydrogen) atoms. The topological polar surface area (TPSA) is 47.8 Å². The Morgan fingerprint density at radius 2 is 1.55 bits per heavy atom. The maximum atomic E-state index is 12.6. The van der Waals surface area contributed by atoms with Gasteiger partial charge in [-0.3, -0.25) is 4.79 Å². The number of aryl methyl sites for hydroxylation is 1. The monoisotopic (exact) mass is 261 g/mol. The molecule has 4 nitrogen and oxygen atoms in total. The van der Waals surface area contributed by atoms with E-state index < -0.39 is 0 Å². The van der Waals surface area contributed by atoms with Crippen LogP contribution in [0.3, 0.4) is 0 Å². The summed E-state index contributed by atoms with van der Waals surface area (Å²) in [5.74, 6) is 0. The third kappa shape index (κ3) is 1.39. The molecule has 0 bridgehead atoms. The minimum absolute atomic E-state index is 0.0630. The number of pyridine rings is 1. The number of aromatic nitrogens is 3. The molecule has 0 saturated heterocycles. The molecule has 2 heterocycles. The molecule has 0 aliphatic heterocycles. The summed E-state index contributed by atoms with van der Waals surface area (Å²) in [7, 11) is 1.91. The molecule has 0 atom stereocenters. The molecule has 0 amide bonds. The van der Waals surface area contributed by atoms with Crippen LogP contribution >= 0.6 is 0 Å². The lowest BCUT2D eigenvalue weighted by Crippen LogP contribution is -2.12. The van der Waals surface area contributed by atoms with Crippen molar-refractivity contribution < 1.29 is 0 Å². The summed E-state index contributed by atoms with van der Waals surface area (Å²) in [6, 6.07) is 15.1. The van der Waals surface area contributed by atoms with E-state index in [1.807, 2.05) is 60.1 Å². The molecule has 4 heteroatoms. The Kier molecular flexibility index (Phi) is 2.15. The highest BCUT2D eigenvalue weighted by Gasteiger charge is 2.11. The van der Waals surface area contributed by atoms with Crippen molar-refractivity contribution in [2.24, 2.45) is 7.05 Å². The Balaban J connectivity index is 2.35. The first kappa shape index (κ1) is 11.1. The Hall–Kier alpha value is -2.75. The molecule has 2 aromatic carbocycles. The van der Waals surface area contributed by atoms with Crippen molar-refractivity contribution in [3.8, 4) is 0 Å². The van der Waals surface area contributed by atoms with E-state index in [0.717, 1.165) is 16.6 Å². The van der Waals surface area contributed by atoms with Gasteiger partial charge < -0.3 is 4.57 Å². The number of nitrogens with zero attached hydrogens (tertiary/aromatic N) is 3. The summed E-state index contributed by atoms with van der Waals surface area (Å²) < 4.78 is 1.92. The van der Waals surface area contributed by atoms with Gasteiger partial charge in [-0.25, -0.2) is 9.97 Å². The zero-order chi connectivity index (χ0) is 13.7. The number of benzene rings is 2. The van der Waals surface area contributed by atoms with Crippen LogP contribution in [0.4, 0.5) is 0 Å². The van der Waals surface area contributed by atoms with E-state index in [-0.39, 0.29) is 5.43 Å². The Labute approximate surface area is 114 Å². The summed E-state index contributed by atoms with van der Waals surface area (Å²) in [6.45, 7) is 0. The predicted molar refractivity (Wildman–Crippen MR) is 79.8 cm³/mol. The highest BCUT2D eigenvalue weighted by Crippen LogP contribution is 2.18. The van der Waals surface area contributed by atoms with Crippen LogP contribution in [0.5, 0.6) is 0 Å². The van der Waals surface area contributed by atoms with E-state index in [0.29, 0.717) is 16.6 Å². The van der Waals surface area contributed by atoms with Crippen LogP contribution in [0.15, 0.2) is 53.3 Å². The van der Waals surface area contributed by atoms with E-state index in [2.05, 4.69) is 9.97 Å². The molecule has 2 aromatic heterocycles. The van der Waals surface area contributed by atoms with Crippen molar-refractivity contribution in [3.63, 3.8) is 0 Å². The SMILES string of the molecule is Cn1c2ccccc2c(=O)c2nc3ccccc3nc21. The lowest BCUT2D eigenvalue weighted by atomic mass is 10.2. The predicted octanol–water partition coefficient (Wildman–Crippen LogP) is 2.63. The van der Waals surface area contributed by atoms with E-state index in [4.69, 9.17) is 0 Å². The second kappa shape index (κ2) is 3.87. The van der Waals surface area contributed by atoms with Gasteiger partial charge in [-0.05, 0) is 24.3 Å². The first-order valence-electron chi connectivity index (χ1n) is 6.40. The summed E-state index contributed by atoms with van der Waals surface area (Å²) in [5, 5.41) is 0.673. The standard InChI is InChI=1S/C16H11N3O/c1-19-13-9-5-2-6-10(13)15(20)14-16(19)18-12-8-4-3-7-11(12)17-14/h2-9H,1H3. The van der Waals surface area contributed by atoms with Crippen molar-refractivity contribution in [2.75, 3.05) is 0 Å². The molecule has 0 fully saturated rings. The van der Waals surface area contributed by atoms with Crippen LogP contribution in [0, 0.1) is 0 Å². The van der Waals surface area contributed by atoms with Crippen LogP contribution in [0.2, 0.25) is 0 Å². The lowest BCUT2D eigenvalue weighted by Gasteiger charge is -2.09. The normalized spacial score (nSPS) is 11.4. The minimum Gasteiger partial charge on any atom is -0.327 e. The first-order valence-corrected chi connectivity index (χ1v) is 6.40. The maximum Gasteiger partial charge on any atom is 0.217 e. The number of hydrogen-bond donors (Lipinski definition) is 0. The first-order chi connectivity index (χ1) is 9.75. The van der Waals surface area contributed by atoms with Crippen molar-refractivity contribution in [2.45, 2.75) is 0 Å². The molecule has 0 saturated carbocycles. The molecule has 0 spiro atoms. The van der Waals surface area contributed by atoms with Gasteiger partial charge in [0.15, 0.2) is 11.2 Å². The molecule has 0 N–H and O–H groups in total. The summed E-state index contributed by atoms with van der Waals surface area (Å²) in [4.78, 5) is 21.6. The largest absolute Gasteiger partial charge is 0.327 e. The third-order valence-corrected chi connectivity index (χ3v) is 3.59. The zero-order valence-corrected chi connectivity index (χ0v) is 10.9. The van der Waals surface area contributed by atoms with E-state index in [9.17, 15) is 4.79 Å². The van der Waals surface area contributed by atoms with Crippen molar-refractivity contribution in [3.05, 3.63) is 58.8 Å². The van der Waals surface area contributed by atoms with Crippen LogP contribution in [-0.4, -0.2) is 14.5 Å². The third-order valence-electron chi connectivity index (χ3n) is 3.59. The van der Waals surface area contributed by atoms with Crippen molar-refractivity contribution in [1.82, 2.24) is 14.5 Å². The molecule has 96 valence electrons. The van der Waals surface area contributed by atoms with E-state index in [1.165, 1.54) is 0 Å². The lowest BCUT2D eigenvalue weighted by molar-refractivity contribution is 0.977. The fraction of sp³-hybridized carbons (Fsp3) is 0.0625. The Morgan fingerprint density at radius 1 is 0.900 bits per heavy atom. The van der Waals surface area contributed by atoms with Gasteiger partial charge in [0.05, 0.1) is 16.6 Å². The van der Waals surface area contributed by atoms with Gasteiger partial charge in [0.2, 0.25) is 5.43 Å². The summed E-state index contributed by atoms with van der Waals surface area (Å²) >= 11 is 0. The van der Waals surface area contributed by atoms with Crippen LogP contribution in [0.25, 0.3) is 33.1 Å². The maximum absolute atomic E-state index is 12.6. The van der Waals surface area contributed by atoms with Gasteiger partial charge in [-0.2, -0.15) is 0 Å². The average Bonchev–Trinajstić information content (AvgIpc) is 2.51. The van der Waals surface area contributed by atoms with Gasteiger partial charge in [-0.15, -0.1) is 0 Å². The van der Waals surface area contributed by atoms with E-state index in [1.54, 1.807) is 0 Å². The molecule has 4 rings (SSSR count). The molecular formula is C16H11N3O. The van der Waals surface area contributed by atoms with Gasteiger partial charge in [0.1, 0.15) is 0 Å². The number of rotatable bonds is 0. The highest BCUT2D eigenvalue weighted by molar-refractivity contribution is 5.93. The van der Waals surface area contributed by atoms with Gasteiger partial charge >= 0.3 is 0 Å². The van der Waals surface area contributed by atoms with Crippen LogP contribution in [0.1, 0.15) is 0 Å². The second-order valence-corrected chi connectivity index (χ2v) is 4.79. The quantitative estimate of drug-likeness (QED) is 0.457. The molecule has 0 radical (unpaired) electrons. The average molecular weight is 261 g/mol. The molecule has 0 unspecified atom stereocenters. The number of fused-ring (bicyclic) bond motifs is 3. The fourth-order valence-electron chi connectivity index (χ4n) is 2.58. The van der Waals surface area contributed by atoms with Crippen LogP contribution < -0.4 is 5.43 Å². The molecule has 0 aliphatic rings. The second-order valence-electron chi connectivity index (χ2n) is 4.79. The van der Waals surface area contributed by atoms with E-state index >= 15 is 0 Å².